The summed E-state index contributed by atoms with van der Waals surface area (Å²) in [6, 6.07) is 39.3. The van der Waals surface area contributed by atoms with E-state index in [1.807, 2.05) is 0 Å². The molecule has 0 spiro atoms. The lowest BCUT2D eigenvalue weighted by molar-refractivity contribution is 1.63. The van der Waals surface area contributed by atoms with E-state index in [4.69, 9.17) is 0 Å². The first-order chi connectivity index (χ1) is 15.7. The Labute approximate surface area is 203 Å². The minimum absolute atomic E-state index is 1.09. The second-order valence-electron chi connectivity index (χ2n) is 8.02. The average Bonchev–Trinajstić information content (AvgIpc) is 2.84. The summed E-state index contributed by atoms with van der Waals surface area (Å²) >= 11 is 7.41. The summed E-state index contributed by atoms with van der Waals surface area (Å²) in [7, 11) is 0. The highest BCUT2D eigenvalue weighted by Crippen LogP contribution is 2.45. The molecule has 6 aromatic rings. The molecule has 2 heteroatoms. The third-order valence-corrected chi connectivity index (χ3v) is 7.15. The van der Waals surface area contributed by atoms with Gasteiger partial charge in [-0.15, -0.1) is 0 Å². The Morgan fingerprint density at radius 2 is 0.781 bits per heavy atom. The van der Waals surface area contributed by atoms with Crippen LogP contribution in [0, 0.1) is 0 Å². The molecule has 0 nitrogen and oxygen atoms in total. The smallest absolute Gasteiger partial charge is 0.0181 e. The molecule has 0 fully saturated rings. The van der Waals surface area contributed by atoms with Crippen molar-refractivity contribution in [3.8, 4) is 22.3 Å². The van der Waals surface area contributed by atoms with Crippen LogP contribution in [-0.4, -0.2) is 0 Å². The molecule has 0 amide bonds. The summed E-state index contributed by atoms with van der Waals surface area (Å²) in [4.78, 5) is 0. The van der Waals surface area contributed by atoms with E-state index in [2.05, 4.69) is 141 Å². The van der Waals surface area contributed by atoms with Crippen molar-refractivity contribution < 1.29 is 0 Å². The molecule has 0 saturated carbocycles. The Morgan fingerprint density at radius 1 is 0.375 bits per heavy atom. The summed E-state index contributed by atoms with van der Waals surface area (Å²) in [5.74, 6) is 0. The van der Waals surface area contributed by atoms with Crippen molar-refractivity contribution in [2.45, 2.75) is 0 Å². The minimum Gasteiger partial charge on any atom is -0.0622 e. The summed E-state index contributed by atoms with van der Waals surface area (Å²) in [5.41, 5.74) is 4.99. The minimum atomic E-state index is 1.09. The fourth-order valence-electron chi connectivity index (χ4n) is 4.79. The van der Waals surface area contributed by atoms with Crippen LogP contribution in [0.25, 0.3) is 54.6 Å². The molecule has 0 aliphatic heterocycles. The molecule has 32 heavy (non-hydrogen) atoms. The van der Waals surface area contributed by atoms with Gasteiger partial charge in [0.15, 0.2) is 0 Å². The van der Waals surface area contributed by atoms with E-state index in [0.29, 0.717) is 0 Å². The first kappa shape index (κ1) is 19.7. The van der Waals surface area contributed by atoms with Crippen LogP contribution in [0.5, 0.6) is 0 Å². The predicted octanol–water partition coefficient (Wildman–Crippen LogP) is 10.0. The SMILES string of the molecule is Brc1ccc2c(c1)c1cc(Br)ccc1c1c(-c3ccccc3)ccc(-c3ccccc3)c21. The molecule has 0 N–H and O–H groups in total. The molecule has 0 saturated heterocycles. The largest absolute Gasteiger partial charge is 0.0622 e. The number of halogens is 2. The predicted molar refractivity (Wildman–Crippen MR) is 145 cm³/mol. The molecular weight excluding hydrogens is 520 g/mol. The zero-order valence-corrected chi connectivity index (χ0v) is 20.3. The van der Waals surface area contributed by atoms with Crippen molar-refractivity contribution in [3.05, 3.63) is 118 Å². The van der Waals surface area contributed by atoms with Gasteiger partial charge in [0.05, 0.1) is 0 Å². The van der Waals surface area contributed by atoms with Gasteiger partial charge in [0, 0.05) is 8.95 Å². The normalized spacial score (nSPS) is 11.4. The maximum absolute atomic E-state index is 3.70. The van der Waals surface area contributed by atoms with Crippen LogP contribution in [0.15, 0.2) is 118 Å². The Kier molecular flexibility index (Phi) is 4.86. The molecule has 0 heterocycles. The number of hydrogen-bond donors (Lipinski definition) is 0. The Bertz CT molecular complexity index is 1490. The van der Waals surface area contributed by atoms with Crippen LogP contribution < -0.4 is 0 Å². The van der Waals surface area contributed by atoms with E-state index >= 15 is 0 Å². The van der Waals surface area contributed by atoms with Gasteiger partial charge in [0.1, 0.15) is 0 Å². The van der Waals surface area contributed by atoms with Gasteiger partial charge in [-0.25, -0.2) is 0 Å². The number of fused-ring (bicyclic) bond motifs is 6. The summed E-state index contributed by atoms with van der Waals surface area (Å²) in [6.07, 6.45) is 0. The molecule has 6 rings (SSSR count). The van der Waals surface area contributed by atoms with Crippen LogP contribution in [0.1, 0.15) is 0 Å². The Balaban J connectivity index is 1.92. The first-order valence-corrected chi connectivity index (χ1v) is 12.2. The van der Waals surface area contributed by atoms with Gasteiger partial charge < -0.3 is 0 Å². The zero-order valence-electron chi connectivity index (χ0n) is 17.1. The first-order valence-electron chi connectivity index (χ1n) is 10.6. The lowest BCUT2D eigenvalue weighted by atomic mass is 9.85. The summed E-state index contributed by atoms with van der Waals surface area (Å²) in [5, 5.41) is 7.65. The summed E-state index contributed by atoms with van der Waals surface area (Å²) in [6.45, 7) is 0. The van der Waals surface area contributed by atoms with Crippen molar-refractivity contribution in [1.29, 1.82) is 0 Å². The molecule has 152 valence electrons. The van der Waals surface area contributed by atoms with Gasteiger partial charge in [0.25, 0.3) is 0 Å². The topological polar surface area (TPSA) is 0 Å². The monoisotopic (exact) mass is 536 g/mol. The van der Waals surface area contributed by atoms with Gasteiger partial charge in [-0.05, 0) is 78.8 Å². The molecule has 0 aromatic heterocycles. The molecule has 0 radical (unpaired) electrons. The third kappa shape index (κ3) is 3.18. The van der Waals surface area contributed by atoms with Crippen LogP contribution in [0.2, 0.25) is 0 Å². The Hall–Kier alpha value is -2.94. The van der Waals surface area contributed by atoms with E-state index in [-0.39, 0.29) is 0 Å². The molecule has 6 aromatic carbocycles. The van der Waals surface area contributed by atoms with Crippen molar-refractivity contribution in [3.63, 3.8) is 0 Å². The average molecular weight is 538 g/mol. The van der Waals surface area contributed by atoms with Crippen molar-refractivity contribution >= 4 is 64.2 Å². The van der Waals surface area contributed by atoms with Gasteiger partial charge in [-0.1, -0.05) is 117 Å². The van der Waals surface area contributed by atoms with Crippen molar-refractivity contribution in [2.24, 2.45) is 0 Å². The highest BCUT2D eigenvalue weighted by molar-refractivity contribution is 9.10. The number of benzene rings is 6. The fraction of sp³-hybridized carbons (Fsp3) is 0. The number of hydrogen-bond acceptors (Lipinski definition) is 0. The quantitative estimate of drug-likeness (QED) is 0.193. The van der Waals surface area contributed by atoms with E-state index in [1.165, 1.54) is 54.6 Å². The zero-order chi connectivity index (χ0) is 21.7. The summed E-state index contributed by atoms with van der Waals surface area (Å²) < 4.78 is 2.18. The van der Waals surface area contributed by atoms with Crippen molar-refractivity contribution in [1.82, 2.24) is 0 Å². The van der Waals surface area contributed by atoms with Crippen LogP contribution >= 0.6 is 31.9 Å². The standard InChI is InChI=1S/C30H18Br2/c31-21-11-13-25-27(17-21)28-18-22(32)12-14-26(28)30-24(20-9-5-2-6-10-20)16-15-23(29(25)30)19-7-3-1-4-8-19/h1-18H. The highest BCUT2D eigenvalue weighted by Gasteiger charge is 2.17. The number of rotatable bonds is 2. The molecule has 0 bridgehead atoms. The highest BCUT2D eigenvalue weighted by atomic mass is 79.9. The maximum atomic E-state index is 3.70. The van der Waals surface area contributed by atoms with Crippen LogP contribution in [0.4, 0.5) is 0 Å². The second-order valence-corrected chi connectivity index (χ2v) is 9.85. The second kappa shape index (κ2) is 7.88. The third-order valence-electron chi connectivity index (χ3n) is 6.17. The molecule has 0 aliphatic rings. The Morgan fingerprint density at radius 3 is 1.19 bits per heavy atom. The van der Waals surface area contributed by atoms with Crippen LogP contribution in [0.3, 0.4) is 0 Å². The fourth-order valence-corrected chi connectivity index (χ4v) is 5.52. The van der Waals surface area contributed by atoms with Gasteiger partial charge in [0.2, 0.25) is 0 Å². The lowest BCUT2D eigenvalue weighted by Crippen LogP contribution is -1.91. The lowest BCUT2D eigenvalue weighted by Gasteiger charge is -2.18. The van der Waals surface area contributed by atoms with Gasteiger partial charge in [-0.3, -0.25) is 0 Å². The van der Waals surface area contributed by atoms with Gasteiger partial charge >= 0.3 is 0 Å². The molecule has 0 aliphatic carbocycles. The molecule has 0 atom stereocenters. The van der Waals surface area contributed by atoms with Crippen molar-refractivity contribution in [2.75, 3.05) is 0 Å². The van der Waals surface area contributed by atoms with E-state index in [9.17, 15) is 0 Å². The van der Waals surface area contributed by atoms with E-state index < -0.39 is 0 Å². The maximum Gasteiger partial charge on any atom is 0.0181 e. The molecule has 0 unspecified atom stereocenters. The van der Waals surface area contributed by atoms with E-state index in [1.54, 1.807) is 0 Å². The van der Waals surface area contributed by atoms with E-state index in [0.717, 1.165) is 8.95 Å². The molecular formula is C30H18Br2. The van der Waals surface area contributed by atoms with Gasteiger partial charge in [-0.2, -0.15) is 0 Å². The van der Waals surface area contributed by atoms with Crippen LogP contribution in [-0.2, 0) is 0 Å².